The van der Waals surface area contributed by atoms with E-state index in [0.717, 1.165) is 43.9 Å². The van der Waals surface area contributed by atoms with Crippen molar-refractivity contribution >= 4 is 11.6 Å². The Morgan fingerprint density at radius 3 is 2.47 bits per heavy atom. The van der Waals surface area contributed by atoms with Crippen LogP contribution in [0.5, 0.6) is 0 Å². The molecular weight excluding hydrogens is 240 g/mol. The lowest BCUT2D eigenvalue weighted by molar-refractivity contribution is 0.283. The zero-order chi connectivity index (χ0) is 14.3. The summed E-state index contributed by atoms with van der Waals surface area (Å²) in [4.78, 5) is 8.77. The topological polar surface area (TPSA) is 84.1 Å². The van der Waals surface area contributed by atoms with Crippen molar-refractivity contribution in [2.75, 3.05) is 24.2 Å². The first kappa shape index (κ1) is 15.7. The number of hydrogen-bond acceptors (Lipinski definition) is 5. The molecule has 0 aliphatic rings. The molecule has 19 heavy (non-hydrogen) atoms. The van der Waals surface area contributed by atoms with Gasteiger partial charge in [0.15, 0.2) is 0 Å². The van der Waals surface area contributed by atoms with Gasteiger partial charge in [-0.05, 0) is 12.8 Å². The smallest absolute Gasteiger partial charge is 0.138 e. The van der Waals surface area contributed by atoms with E-state index < -0.39 is 0 Å². The fourth-order valence-corrected chi connectivity index (χ4v) is 1.70. The summed E-state index contributed by atoms with van der Waals surface area (Å²) >= 11 is 0. The van der Waals surface area contributed by atoms with Gasteiger partial charge in [-0.3, -0.25) is 0 Å². The largest absolute Gasteiger partial charge is 0.396 e. The van der Waals surface area contributed by atoms with Gasteiger partial charge in [0.25, 0.3) is 0 Å². The predicted octanol–water partition coefficient (Wildman–Crippen LogP) is 2.32. The Hall–Kier alpha value is -1.36. The van der Waals surface area contributed by atoms with Crippen LogP contribution < -0.4 is 11.1 Å². The molecule has 0 saturated heterocycles. The third-order valence-corrected chi connectivity index (χ3v) is 2.81. The molecule has 5 heteroatoms. The van der Waals surface area contributed by atoms with Gasteiger partial charge < -0.3 is 16.2 Å². The minimum atomic E-state index is -0.104. The molecule has 0 spiro atoms. The van der Waals surface area contributed by atoms with Crippen molar-refractivity contribution in [3.8, 4) is 0 Å². The second kappa shape index (κ2) is 7.28. The second-order valence-electron chi connectivity index (χ2n) is 5.82. The first-order valence-corrected chi connectivity index (χ1v) is 6.93. The Morgan fingerprint density at radius 2 is 1.84 bits per heavy atom. The fraction of sp³-hybridized carbons (Fsp3) is 0.714. The number of hydrogen-bond donors (Lipinski definition) is 3. The molecule has 1 rings (SSSR count). The Bertz CT molecular complexity index is 388. The number of aliphatic hydroxyl groups is 1. The van der Waals surface area contributed by atoms with Crippen LogP contribution in [0, 0.1) is 0 Å². The Balaban J connectivity index is 2.48. The van der Waals surface area contributed by atoms with Gasteiger partial charge in [0.2, 0.25) is 0 Å². The highest BCUT2D eigenvalue weighted by Crippen LogP contribution is 2.21. The third kappa shape index (κ3) is 5.87. The van der Waals surface area contributed by atoms with Crippen LogP contribution >= 0.6 is 0 Å². The van der Waals surface area contributed by atoms with Gasteiger partial charge in [-0.2, -0.15) is 0 Å². The van der Waals surface area contributed by atoms with E-state index in [-0.39, 0.29) is 12.0 Å². The van der Waals surface area contributed by atoms with Gasteiger partial charge >= 0.3 is 0 Å². The zero-order valence-corrected chi connectivity index (χ0v) is 12.2. The van der Waals surface area contributed by atoms with E-state index in [9.17, 15) is 0 Å². The number of aromatic nitrogens is 2. The van der Waals surface area contributed by atoms with Crippen LogP contribution in [0.25, 0.3) is 0 Å². The molecule has 0 amide bonds. The number of anilines is 2. The minimum Gasteiger partial charge on any atom is -0.396 e. The van der Waals surface area contributed by atoms with Crippen molar-refractivity contribution in [2.24, 2.45) is 0 Å². The van der Waals surface area contributed by atoms with E-state index in [1.54, 1.807) is 6.07 Å². The fourth-order valence-electron chi connectivity index (χ4n) is 1.70. The summed E-state index contributed by atoms with van der Waals surface area (Å²) in [7, 11) is 0. The van der Waals surface area contributed by atoms with Gasteiger partial charge in [0.1, 0.15) is 17.5 Å². The summed E-state index contributed by atoms with van der Waals surface area (Å²) in [6.45, 7) is 7.36. The molecule has 0 fully saturated rings. The van der Waals surface area contributed by atoms with Gasteiger partial charge in [-0.1, -0.05) is 33.6 Å². The van der Waals surface area contributed by atoms with E-state index in [0.29, 0.717) is 5.82 Å². The molecule has 1 aromatic rings. The van der Waals surface area contributed by atoms with Crippen LogP contribution in [-0.4, -0.2) is 28.2 Å². The molecule has 0 saturated carbocycles. The molecule has 1 heterocycles. The molecule has 5 nitrogen and oxygen atoms in total. The SMILES string of the molecule is CC(C)(C)c1nc(N)cc(NCCCCCCO)n1. The lowest BCUT2D eigenvalue weighted by Crippen LogP contribution is -2.18. The molecule has 0 bridgehead atoms. The molecule has 0 aliphatic heterocycles. The van der Waals surface area contributed by atoms with E-state index in [1.807, 2.05) is 0 Å². The Labute approximate surface area is 115 Å². The number of nitrogen functional groups attached to an aromatic ring is 1. The quantitative estimate of drug-likeness (QED) is 0.660. The van der Waals surface area contributed by atoms with Crippen LogP contribution in [0.1, 0.15) is 52.3 Å². The number of rotatable bonds is 7. The maximum atomic E-state index is 8.69. The van der Waals surface area contributed by atoms with Crippen molar-refractivity contribution in [1.29, 1.82) is 0 Å². The normalized spacial score (nSPS) is 11.6. The van der Waals surface area contributed by atoms with Crippen molar-refractivity contribution in [3.63, 3.8) is 0 Å². The van der Waals surface area contributed by atoms with Crippen molar-refractivity contribution in [2.45, 2.75) is 51.9 Å². The first-order valence-electron chi connectivity index (χ1n) is 6.93. The second-order valence-corrected chi connectivity index (χ2v) is 5.82. The lowest BCUT2D eigenvalue weighted by Gasteiger charge is -2.18. The van der Waals surface area contributed by atoms with Crippen molar-refractivity contribution < 1.29 is 5.11 Å². The van der Waals surface area contributed by atoms with Crippen molar-refractivity contribution in [3.05, 3.63) is 11.9 Å². The number of nitrogens with zero attached hydrogens (tertiary/aromatic N) is 2. The average molecular weight is 266 g/mol. The van der Waals surface area contributed by atoms with Gasteiger partial charge in [0, 0.05) is 24.6 Å². The van der Waals surface area contributed by atoms with E-state index >= 15 is 0 Å². The molecule has 0 atom stereocenters. The van der Waals surface area contributed by atoms with E-state index in [2.05, 4.69) is 36.1 Å². The molecule has 0 aromatic carbocycles. The van der Waals surface area contributed by atoms with Crippen LogP contribution in [-0.2, 0) is 5.41 Å². The maximum Gasteiger partial charge on any atom is 0.138 e. The zero-order valence-electron chi connectivity index (χ0n) is 12.2. The molecule has 0 unspecified atom stereocenters. The summed E-state index contributed by atoms with van der Waals surface area (Å²) in [6.07, 6.45) is 4.13. The number of aliphatic hydroxyl groups excluding tert-OH is 1. The lowest BCUT2D eigenvalue weighted by atomic mass is 9.96. The first-order chi connectivity index (χ1) is 8.93. The number of nitrogens with two attached hydrogens (primary N) is 1. The van der Waals surface area contributed by atoms with Crippen LogP contribution in [0.4, 0.5) is 11.6 Å². The Kier molecular flexibility index (Phi) is 6.02. The van der Waals surface area contributed by atoms with Crippen LogP contribution in [0.3, 0.4) is 0 Å². The van der Waals surface area contributed by atoms with E-state index in [4.69, 9.17) is 10.8 Å². The standard InChI is InChI=1S/C14H26N4O/c1-14(2,3)13-17-11(15)10-12(18-13)16-8-6-4-5-7-9-19/h10,19H,4-9H2,1-3H3,(H3,15,16,17,18). The van der Waals surface area contributed by atoms with Crippen LogP contribution in [0.15, 0.2) is 6.07 Å². The van der Waals surface area contributed by atoms with Crippen LogP contribution in [0.2, 0.25) is 0 Å². The highest BCUT2D eigenvalue weighted by Gasteiger charge is 2.18. The average Bonchev–Trinajstić information content (AvgIpc) is 2.32. The van der Waals surface area contributed by atoms with Gasteiger partial charge in [0.05, 0.1) is 0 Å². The summed E-state index contributed by atoms with van der Waals surface area (Å²) in [5.74, 6) is 2.05. The summed E-state index contributed by atoms with van der Waals surface area (Å²) in [5.41, 5.74) is 5.70. The monoisotopic (exact) mass is 266 g/mol. The number of unbranched alkanes of at least 4 members (excludes halogenated alkanes) is 3. The molecule has 108 valence electrons. The number of nitrogens with one attached hydrogen (secondary N) is 1. The predicted molar refractivity (Wildman–Crippen MR) is 79.2 cm³/mol. The summed E-state index contributed by atoms with van der Waals surface area (Å²) in [5, 5.41) is 12.0. The third-order valence-electron chi connectivity index (χ3n) is 2.81. The highest BCUT2D eigenvalue weighted by atomic mass is 16.2. The summed E-state index contributed by atoms with van der Waals surface area (Å²) < 4.78 is 0. The highest BCUT2D eigenvalue weighted by molar-refractivity contribution is 5.45. The maximum absolute atomic E-state index is 8.69. The molecule has 0 aliphatic carbocycles. The van der Waals surface area contributed by atoms with Crippen molar-refractivity contribution in [1.82, 2.24) is 9.97 Å². The Morgan fingerprint density at radius 1 is 1.16 bits per heavy atom. The van der Waals surface area contributed by atoms with E-state index in [1.165, 1.54) is 0 Å². The molecular formula is C14H26N4O. The van der Waals surface area contributed by atoms with Gasteiger partial charge in [-0.25, -0.2) is 9.97 Å². The summed E-state index contributed by atoms with van der Waals surface area (Å²) in [6, 6.07) is 1.77. The minimum absolute atomic E-state index is 0.104. The van der Waals surface area contributed by atoms with Gasteiger partial charge in [-0.15, -0.1) is 0 Å². The molecule has 0 radical (unpaired) electrons. The molecule has 4 N–H and O–H groups in total. The molecule has 1 aromatic heterocycles.